The lowest BCUT2D eigenvalue weighted by atomic mass is 10.2. The zero-order chi connectivity index (χ0) is 12.3. The van der Waals surface area contributed by atoms with Gasteiger partial charge < -0.3 is 10.4 Å². The van der Waals surface area contributed by atoms with Crippen molar-refractivity contribution in [2.75, 3.05) is 6.54 Å². The molecule has 1 aromatic rings. The Hall–Kier alpha value is -0.840. The summed E-state index contributed by atoms with van der Waals surface area (Å²) < 4.78 is 13.1. The van der Waals surface area contributed by atoms with E-state index in [1.165, 1.54) is 6.92 Å². The first-order chi connectivity index (χ1) is 7.41. The summed E-state index contributed by atoms with van der Waals surface area (Å²) in [5.74, 6) is -1.27. The molecule has 0 aliphatic heterocycles. The Labute approximate surface area is 102 Å². The minimum atomic E-state index is -0.715. The van der Waals surface area contributed by atoms with E-state index in [4.69, 9.17) is 28.3 Å². The Balaban J connectivity index is 2.87. The third kappa shape index (κ3) is 3.33. The smallest absolute Gasteiger partial charge is 0.252 e. The molecule has 0 bridgehead atoms. The second kappa shape index (κ2) is 5.48. The zero-order valence-electron chi connectivity index (χ0n) is 8.43. The molecular weight excluding hydrogens is 256 g/mol. The lowest BCUT2D eigenvalue weighted by molar-refractivity contribution is 0.0924. The molecule has 1 amide bonds. The fraction of sp³-hybridized carbons (Fsp3) is 0.300. The number of hydrogen-bond acceptors (Lipinski definition) is 2. The Morgan fingerprint density at radius 3 is 2.69 bits per heavy atom. The first-order valence-corrected chi connectivity index (χ1v) is 5.28. The van der Waals surface area contributed by atoms with Crippen molar-refractivity contribution in [3.05, 3.63) is 33.6 Å². The van der Waals surface area contributed by atoms with Crippen LogP contribution in [0, 0.1) is 5.82 Å². The molecule has 0 aromatic heterocycles. The first kappa shape index (κ1) is 13.2. The number of nitrogens with one attached hydrogen (secondary N) is 1. The summed E-state index contributed by atoms with van der Waals surface area (Å²) in [5.41, 5.74) is -0.00998. The van der Waals surface area contributed by atoms with Crippen molar-refractivity contribution in [2.45, 2.75) is 13.0 Å². The van der Waals surface area contributed by atoms with E-state index in [2.05, 4.69) is 5.32 Å². The highest BCUT2D eigenvalue weighted by molar-refractivity contribution is 6.36. The molecule has 16 heavy (non-hydrogen) atoms. The van der Waals surface area contributed by atoms with E-state index in [1.54, 1.807) is 0 Å². The summed E-state index contributed by atoms with van der Waals surface area (Å²) in [4.78, 5) is 11.5. The SMILES string of the molecule is CC(O)CNC(=O)c1cc(F)c(Cl)cc1Cl. The summed E-state index contributed by atoms with van der Waals surface area (Å²) in [5, 5.41) is 11.3. The van der Waals surface area contributed by atoms with Gasteiger partial charge in [-0.1, -0.05) is 23.2 Å². The summed E-state index contributed by atoms with van der Waals surface area (Å²) in [7, 11) is 0. The normalized spacial score (nSPS) is 12.3. The minimum absolute atomic E-state index is 0.00998. The zero-order valence-corrected chi connectivity index (χ0v) is 9.94. The second-order valence-corrected chi connectivity index (χ2v) is 4.12. The Kier molecular flexibility index (Phi) is 4.53. The lowest BCUT2D eigenvalue weighted by Crippen LogP contribution is -2.30. The van der Waals surface area contributed by atoms with Crippen LogP contribution in [0.5, 0.6) is 0 Å². The lowest BCUT2D eigenvalue weighted by Gasteiger charge is -2.08. The molecule has 1 unspecified atom stereocenters. The summed E-state index contributed by atoms with van der Waals surface area (Å²) in [6.45, 7) is 1.59. The van der Waals surface area contributed by atoms with Crippen LogP contribution < -0.4 is 5.32 Å². The number of halogens is 3. The highest BCUT2D eigenvalue weighted by Gasteiger charge is 2.14. The van der Waals surface area contributed by atoms with Crippen LogP contribution >= 0.6 is 23.2 Å². The average Bonchev–Trinajstić information content (AvgIpc) is 2.20. The van der Waals surface area contributed by atoms with Gasteiger partial charge in [-0.05, 0) is 19.1 Å². The van der Waals surface area contributed by atoms with E-state index in [9.17, 15) is 9.18 Å². The number of aliphatic hydroxyl groups is 1. The maximum Gasteiger partial charge on any atom is 0.252 e. The van der Waals surface area contributed by atoms with Crippen LogP contribution in [0.2, 0.25) is 10.0 Å². The predicted molar refractivity (Wildman–Crippen MR) is 60.4 cm³/mol. The van der Waals surface area contributed by atoms with Crippen LogP contribution in [-0.4, -0.2) is 23.7 Å². The van der Waals surface area contributed by atoms with Gasteiger partial charge in [0.1, 0.15) is 5.82 Å². The molecule has 0 spiro atoms. The van der Waals surface area contributed by atoms with E-state index in [0.29, 0.717) is 0 Å². The van der Waals surface area contributed by atoms with Gasteiger partial charge in [-0.3, -0.25) is 4.79 Å². The largest absolute Gasteiger partial charge is 0.392 e. The maximum atomic E-state index is 13.1. The fourth-order valence-corrected chi connectivity index (χ4v) is 1.50. The van der Waals surface area contributed by atoms with Crippen LogP contribution in [-0.2, 0) is 0 Å². The van der Waals surface area contributed by atoms with E-state index < -0.39 is 17.8 Å². The van der Waals surface area contributed by atoms with Gasteiger partial charge in [0.25, 0.3) is 5.91 Å². The van der Waals surface area contributed by atoms with Gasteiger partial charge >= 0.3 is 0 Å². The van der Waals surface area contributed by atoms with Gasteiger partial charge in [0.05, 0.1) is 21.7 Å². The molecule has 1 aromatic carbocycles. The molecule has 0 heterocycles. The van der Waals surface area contributed by atoms with Gasteiger partial charge in [-0.2, -0.15) is 0 Å². The molecule has 3 nitrogen and oxygen atoms in total. The van der Waals surface area contributed by atoms with Crippen molar-refractivity contribution >= 4 is 29.1 Å². The molecule has 0 aliphatic carbocycles. The highest BCUT2D eigenvalue weighted by atomic mass is 35.5. The first-order valence-electron chi connectivity index (χ1n) is 4.52. The van der Waals surface area contributed by atoms with Gasteiger partial charge in [0.2, 0.25) is 0 Å². The molecule has 0 saturated carbocycles. The quantitative estimate of drug-likeness (QED) is 0.824. The Morgan fingerprint density at radius 1 is 1.50 bits per heavy atom. The number of carbonyl (C=O) groups excluding carboxylic acids is 1. The maximum absolute atomic E-state index is 13.1. The van der Waals surface area contributed by atoms with Crippen molar-refractivity contribution in [3.63, 3.8) is 0 Å². The van der Waals surface area contributed by atoms with Crippen LogP contribution in [0.3, 0.4) is 0 Å². The van der Waals surface area contributed by atoms with Crippen LogP contribution in [0.25, 0.3) is 0 Å². The molecule has 0 fully saturated rings. The summed E-state index contributed by atoms with van der Waals surface area (Å²) in [6, 6.07) is 2.12. The topological polar surface area (TPSA) is 49.3 Å². The molecule has 0 aliphatic rings. The molecule has 1 rings (SSSR count). The molecule has 2 N–H and O–H groups in total. The van der Waals surface area contributed by atoms with Gasteiger partial charge in [0, 0.05) is 6.54 Å². The second-order valence-electron chi connectivity index (χ2n) is 3.31. The monoisotopic (exact) mass is 265 g/mol. The van der Waals surface area contributed by atoms with Gasteiger partial charge in [0.15, 0.2) is 0 Å². The number of hydrogen-bond donors (Lipinski definition) is 2. The average molecular weight is 266 g/mol. The number of rotatable bonds is 3. The van der Waals surface area contributed by atoms with Crippen LogP contribution in [0.15, 0.2) is 12.1 Å². The predicted octanol–water partition coefficient (Wildman–Crippen LogP) is 2.24. The third-order valence-corrected chi connectivity index (χ3v) is 2.41. The van der Waals surface area contributed by atoms with Crippen molar-refractivity contribution < 1.29 is 14.3 Å². The number of carbonyl (C=O) groups is 1. The van der Waals surface area contributed by atoms with E-state index >= 15 is 0 Å². The highest BCUT2D eigenvalue weighted by Crippen LogP contribution is 2.24. The molecule has 88 valence electrons. The number of aliphatic hydroxyl groups excluding tert-OH is 1. The Bertz CT molecular complexity index is 410. The van der Waals surface area contributed by atoms with Crippen LogP contribution in [0.1, 0.15) is 17.3 Å². The Morgan fingerprint density at radius 2 is 2.12 bits per heavy atom. The van der Waals surface area contributed by atoms with E-state index in [-0.39, 0.29) is 22.2 Å². The van der Waals surface area contributed by atoms with Gasteiger partial charge in [-0.25, -0.2) is 4.39 Å². The van der Waals surface area contributed by atoms with E-state index in [1.807, 2.05) is 0 Å². The molecular formula is C10H10Cl2FNO2. The number of benzene rings is 1. The van der Waals surface area contributed by atoms with Crippen LogP contribution in [0.4, 0.5) is 4.39 Å². The molecule has 1 atom stereocenters. The van der Waals surface area contributed by atoms with Crippen molar-refractivity contribution in [1.82, 2.24) is 5.32 Å². The van der Waals surface area contributed by atoms with Crippen molar-refractivity contribution in [2.24, 2.45) is 0 Å². The standard InChI is InChI=1S/C10H10Cl2FNO2/c1-5(15)4-14-10(16)6-2-9(13)8(12)3-7(6)11/h2-3,5,15H,4H2,1H3,(H,14,16). The van der Waals surface area contributed by atoms with Gasteiger partial charge in [-0.15, -0.1) is 0 Å². The van der Waals surface area contributed by atoms with Crippen molar-refractivity contribution in [1.29, 1.82) is 0 Å². The van der Waals surface area contributed by atoms with Crippen molar-refractivity contribution in [3.8, 4) is 0 Å². The summed E-state index contributed by atoms with van der Waals surface area (Å²) in [6.07, 6.45) is -0.681. The molecule has 6 heteroatoms. The third-order valence-electron chi connectivity index (χ3n) is 1.81. The minimum Gasteiger partial charge on any atom is -0.392 e. The summed E-state index contributed by atoms with van der Waals surface area (Å²) >= 11 is 11.2. The van der Waals surface area contributed by atoms with E-state index in [0.717, 1.165) is 12.1 Å². The fourth-order valence-electron chi connectivity index (χ4n) is 1.03. The molecule has 0 saturated heterocycles. The molecule has 0 radical (unpaired) electrons. The number of amides is 1.